The van der Waals surface area contributed by atoms with Crippen molar-refractivity contribution in [2.45, 2.75) is 0 Å². The number of carbonyl (C=O) groups is 3. The van der Waals surface area contributed by atoms with E-state index >= 15 is 0 Å². The topological polar surface area (TPSA) is 96.5 Å². The Balaban J connectivity index is 1.86. The molecule has 0 aromatic heterocycles. The van der Waals surface area contributed by atoms with Crippen molar-refractivity contribution in [1.29, 1.82) is 0 Å². The van der Waals surface area contributed by atoms with Gasteiger partial charge in [0, 0.05) is 11.8 Å². The molecule has 2 aromatic carbocycles. The predicted molar refractivity (Wildman–Crippen MR) is 99.7 cm³/mol. The predicted octanol–water partition coefficient (Wildman–Crippen LogP) is 2.70. The largest absolute Gasteiger partial charge is 0.497 e. The van der Waals surface area contributed by atoms with Crippen LogP contribution in [0.4, 0.5) is 11.4 Å². The van der Waals surface area contributed by atoms with Crippen LogP contribution in [0.1, 0.15) is 0 Å². The van der Waals surface area contributed by atoms with Crippen LogP contribution in [0.2, 0.25) is 10.0 Å². The van der Waals surface area contributed by atoms with E-state index in [1.807, 2.05) is 0 Å². The van der Waals surface area contributed by atoms with E-state index in [-0.39, 0.29) is 10.0 Å². The molecule has 0 spiro atoms. The number of halogens is 2. The van der Waals surface area contributed by atoms with Gasteiger partial charge in [0.1, 0.15) is 5.75 Å². The van der Waals surface area contributed by atoms with Gasteiger partial charge in [-0.3, -0.25) is 14.4 Å². The van der Waals surface area contributed by atoms with Crippen LogP contribution >= 0.6 is 23.2 Å². The van der Waals surface area contributed by atoms with Crippen molar-refractivity contribution < 1.29 is 19.1 Å². The van der Waals surface area contributed by atoms with Crippen LogP contribution < -0.4 is 20.7 Å². The van der Waals surface area contributed by atoms with Gasteiger partial charge in [-0.25, -0.2) is 0 Å². The number of benzene rings is 2. The van der Waals surface area contributed by atoms with Crippen molar-refractivity contribution in [1.82, 2.24) is 5.32 Å². The summed E-state index contributed by atoms with van der Waals surface area (Å²) in [5.41, 5.74) is 0.693. The van der Waals surface area contributed by atoms with Gasteiger partial charge in [0.15, 0.2) is 0 Å². The highest BCUT2D eigenvalue weighted by atomic mass is 35.5. The Kier molecular flexibility index (Phi) is 6.82. The molecule has 0 fully saturated rings. The molecular weight excluding hydrogens is 381 g/mol. The number of hydrogen-bond donors (Lipinski definition) is 3. The normalized spacial score (nSPS) is 9.96. The van der Waals surface area contributed by atoms with E-state index in [4.69, 9.17) is 27.9 Å². The standard InChI is InChI=1S/C17H15Cl2N3O4/c1-26-11-5-2-4-10(8-11)21-17(25)16(24)20-9-14(23)22-13-7-3-6-12(18)15(13)19/h2-8H,9H2,1H3,(H,20,24)(H,21,25)(H,22,23). The van der Waals surface area contributed by atoms with Gasteiger partial charge in [-0.05, 0) is 24.3 Å². The van der Waals surface area contributed by atoms with Crippen molar-refractivity contribution in [3.05, 3.63) is 52.5 Å². The summed E-state index contributed by atoms with van der Waals surface area (Å²) in [7, 11) is 1.48. The van der Waals surface area contributed by atoms with Crippen molar-refractivity contribution in [3.63, 3.8) is 0 Å². The minimum atomic E-state index is -0.958. The van der Waals surface area contributed by atoms with E-state index in [1.54, 1.807) is 42.5 Å². The first kappa shape index (κ1) is 19.6. The van der Waals surface area contributed by atoms with Crippen LogP contribution in [0, 0.1) is 0 Å². The lowest BCUT2D eigenvalue weighted by Gasteiger charge is -2.09. The smallest absolute Gasteiger partial charge is 0.313 e. The van der Waals surface area contributed by atoms with Crippen LogP contribution in [-0.2, 0) is 14.4 Å². The summed E-state index contributed by atoms with van der Waals surface area (Å²) >= 11 is 11.8. The molecule has 7 nitrogen and oxygen atoms in total. The second-order valence-corrected chi connectivity index (χ2v) is 5.80. The Morgan fingerprint density at radius 1 is 1.00 bits per heavy atom. The second-order valence-electron chi connectivity index (χ2n) is 5.02. The first-order valence-corrected chi connectivity index (χ1v) is 8.13. The Morgan fingerprint density at radius 3 is 2.46 bits per heavy atom. The molecule has 26 heavy (non-hydrogen) atoms. The Labute approximate surface area is 159 Å². The zero-order valence-corrected chi connectivity index (χ0v) is 15.1. The zero-order valence-electron chi connectivity index (χ0n) is 13.6. The number of rotatable bonds is 5. The van der Waals surface area contributed by atoms with E-state index in [0.717, 1.165) is 0 Å². The summed E-state index contributed by atoms with van der Waals surface area (Å²) in [5.74, 6) is -1.90. The van der Waals surface area contributed by atoms with Gasteiger partial charge in [-0.2, -0.15) is 0 Å². The van der Waals surface area contributed by atoms with Crippen molar-refractivity contribution in [3.8, 4) is 5.75 Å². The van der Waals surface area contributed by atoms with E-state index in [9.17, 15) is 14.4 Å². The number of anilines is 2. The fraction of sp³-hybridized carbons (Fsp3) is 0.118. The van der Waals surface area contributed by atoms with Gasteiger partial charge < -0.3 is 20.7 Å². The number of nitrogens with one attached hydrogen (secondary N) is 3. The highest BCUT2D eigenvalue weighted by Gasteiger charge is 2.16. The van der Waals surface area contributed by atoms with E-state index in [1.165, 1.54) is 7.11 Å². The first-order valence-electron chi connectivity index (χ1n) is 7.38. The summed E-state index contributed by atoms with van der Waals surface area (Å²) in [5, 5.41) is 7.58. The highest BCUT2D eigenvalue weighted by molar-refractivity contribution is 6.44. The lowest BCUT2D eigenvalue weighted by molar-refractivity contribution is -0.136. The maximum Gasteiger partial charge on any atom is 0.313 e. The fourth-order valence-electron chi connectivity index (χ4n) is 1.92. The van der Waals surface area contributed by atoms with Crippen LogP contribution in [-0.4, -0.2) is 31.4 Å². The Morgan fingerprint density at radius 2 is 1.73 bits per heavy atom. The minimum Gasteiger partial charge on any atom is -0.497 e. The molecular formula is C17H15Cl2N3O4. The fourth-order valence-corrected chi connectivity index (χ4v) is 2.27. The Hall–Kier alpha value is -2.77. The van der Waals surface area contributed by atoms with Gasteiger partial charge >= 0.3 is 11.8 Å². The molecule has 0 aliphatic carbocycles. The van der Waals surface area contributed by atoms with Gasteiger partial charge in [-0.1, -0.05) is 35.3 Å². The molecule has 0 heterocycles. The summed E-state index contributed by atoms with van der Waals surface area (Å²) in [6.45, 7) is -0.410. The third kappa shape index (κ3) is 5.37. The quantitative estimate of drug-likeness (QED) is 0.678. The van der Waals surface area contributed by atoms with E-state index in [0.29, 0.717) is 17.1 Å². The van der Waals surface area contributed by atoms with Gasteiger partial charge in [0.2, 0.25) is 5.91 Å². The molecule has 0 unspecified atom stereocenters. The average Bonchev–Trinajstić information content (AvgIpc) is 2.63. The maximum absolute atomic E-state index is 11.9. The van der Waals surface area contributed by atoms with Crippen LogP contribution in [0.15, 0.2) is 42.5 Å². The SMILES string of the molecule is COc1cccc(NC(=O)C(=O)NCC(=O)Nc2cccc(Cl)c2Cl)c1. The van der Waals surface area contributed by atoms with Gasteiger partial charge in [-0.15, -0.1) is 0 Å². The molecule has 136 valence electrons. The molecule has 0 aliphatic rings. The van der Waals surface area contributed by atoms with Crippen LogP contribution in [0.5, 0.6) is 5.75 Å². The number of hydrogen-bond acceptors (Lipinski definition) is 4. The lowest BCUT2D eigenvalue weighted by atomic mass is 10.3. The van der Waals surface area contributed by atoms with Crippen LogP contribution in [0.3, 0.4) is 0 Å². The maximum atomic E-state index is 11.9. The molecule has 0 bridgehead atoms. The lowest BCUT2D eigenvalue weighted by Crippen LogP contribution is -2.39. The molecule has 3 amide bonds. The minimum absolute atomic E-state index is 0.185. The molecule has 2 rings (SSSR count). The number of carbonyl (C=O) groups excluding carboxylic acids is 3. The Bertz CT molecular complexity index is 843. The molecule has 9 heteroatoms. The zero-order chi connectivity index (χ0) is 19.1. The summed E-state index contributed by atoms with van der Waals surface area (Å²) in [6, 6.07) is 11.3. The highest BCUT2D eigenvalue weighted by Crippen LogP contribution is 2.29. The second kappa shape index (κ2) is 9.07. The molecule has 0 radical (unpaired) electrons. The van der Waals surface area contributed by atoms with Gasteiger partial charge in [0.05, 0.1) is 29.4 Å². The summed E-state index contributed by atoms with van der Waals surface area (Å²) < 4.78 is 5.03. The molecule has 0 atom stereocenters. The molecule has 0 saturated carbocycles. The van der Waals surface area contributed by atoms with Crippen molar-refractivity contribution >= 4 is 52.3 Å². The van der Waals surface area contributed by atoms with E-state index in [2.05, 4.69) is 16.0 Å². The monoisotopic (exact) mass is 395 g/mol. The van der Waals surface area contributed by atoms with Gasteiger partial charge in [0.25, 0.3) is 0 Å². The average molecular weight is 396 g/mol. The number of amides is 3. The summed E-state index contributed by atoms with van der Waals surface area (Å²) in [6.07, 6.45) is 0. The van der Waals surface area contributed by atoms with Crippen molar-refractivity contribution in [2.24, 2.45) is 0 Å². The molecule has 3 N–H and O–H groups in total. The summed E-state index contributed by atoms with van der Waals surface area (Å²) in [4.78, 5) is 35.5. The third-order valence-corrected chi connectivity index (χ3v) is 3.99. The third-order valence-electron chi connectivity index (χ3n) is 3.17. The van der Waals surface area contributed by atoms with E-state index < -0.39 is 24.3 Å². The van der Waals surface area contributed by atoms with Crippen LogP contribution in [0.25, 0.3) is 0 Å². The number of ether oxygens (including phenoxy) is 1. The van der Waals surface area contributed by atoms with Crippen molar-refractivity contribution in [2.75, 3.05) is 24.3 Å². The first-order chi connectivity index (χ1) is 12.4. The molecule has 0 aliphatic heterocycles. The molecule has 0 saturated heterocycles. The number of methoxy groups -OCH3 is 1. The molecule has 2 aromatic rings.